The number of nitrogens with one attached hydrogen (secondary N) is 1. The maximum absolute atomic E-state index is 12.3. The molecule has 0 aliphatic heterocycles. The second kappa shape index (κ2) is 5.91. The van der Waals surface area contributed by atoms with Gasteiger partial charge in [-0.1, -0.05) is 12.1 Å². The second-order valence-corrected chi connectivity index (χ2v) is 5.33. The van der Waals surface area contributed by atoms with Crippen LogP contribution in [0.4, 0.5) is 4.79 Å². The lowest BCUT2D eigenvalue weighted by Gasteiger charge is -2.22. The third-order valence-corrected chi connectivity index (χ3v) is 3.43. The first-order valence-corrected chi connectivity index (χ1v) is 7.06. The van der Waals surface area contributed by atoms with E-state index in [1.54, 1.807) is 23.3 Å². The third kappa shape index (κ3) is 3.78. The van der Waals surface area contributed by atoms with E-state index in [9.17, 15) is 9.90 Å². The van der Waals surface area contributed by atoms with E-state index < -0.39 is 0 Å². The number of furan rings is 1. The van der Waals surface area contributed by atoms with Crippen LogP contribution < -0.4 is 5.32 Å². The molecule has 1 saturated carbocycles. The van der Waals surface area contributed by atoms with Gasteiger partial charge in [0, 0.05) is 12.6 Å². The number of phenols is 1. The maximum Gasteiger partial charge on any atom is 0.318 e. The van der Waals surface area contributed by atoms with Crippen molar-refractivity contribution in [3.63, 3.8) is 0 Å². The lowest BCUT2D eigenvalue weighted by molar-refractivity contribution is 0.187. The lowest BCUT2D eigenvalue weighted by Crippen LogP contribution is -2.40. The van der Waals surface area contributed by atoms with Gasteiger partial charge in [-0.2, -0.15) is 0 Å². The number of carbonyl (C=O) groups excluding carboxylic acids is 1. The zero-order valence-electron chi connectivity index (χ0n) is 11.7. The molecular weight excluding hydrogens is 268 g/mol. The topological polar surface area (TPSA) is 65.7 Å². The largest absolute Gasteiger partial charge is 0.508 e. The fourth-order valence-electron chi connectivity index (χ4n) is 2.11. The molecular formula is C16H18N2O3. The van der Waals surface area contributed by atoms with Gasteiger partial charge in [-0.25, -0.2) is 4.79 Å². The van der Waals surface area contributed by atoms with Gasteiger partial charge in [-0.05, 0) is 42.7 Å². The summed E-state index contributed by atoms with van der Waals surface area (Å²) in [7, 11) is 0. The summed E-state index contributed by atoms with van der Waals surface area (Å²) in [6, 6.07) is 10.8. The van der Waals surface area contributed by atoms with E-state index in [0.29, 0.717) is 19.1 Å². The maximum atomic E-state index is 12.3. The minimum Gasteiger partial charge on any atom is -0.508 e. The Labute approximate surface area is 123 Å². The number of benzene rings is 1. The van der Waals surface area contributed by atoms with Crippen molar-refractivity contribution in [1.29, 1.82) is 0 Å². The van der Waals surface area contributed by atoms with Crippen LogP contribution in [0.2, 0.25) is 0 Å². The summed E-state index contributed by atoms with van der Waals surface area (Å²) < 4.78 is 5.33. The molecule has 1 aliphatic rings. The summed E-state index contributed by atoms with van der Waals surface area (Å²) in [6.07, 6.45) is 3.71. The number of hydrogen-bond acceptors (Lipinski definition) is 3. The van der Waals surface area contributed by atoms with Gasteiger partial charge in [-0.15, -0.1) is 0 Å². The summed E-state index contributed by atoms with van der Waals surface area (Å²) in [5.74, 6) is 0.971. The van der Waals surface area contributed by atoms with Gasteiger partial charge in [-0.3, -0.25) is 0 Å². The van der Waals surface area contributed by atoms with Crippen LogP contribution in [0.25, 0.3) is 0 Å². The van der Waals surface area contributed by atoms with Crippen molar-refractivity contribution >= 4 is 6.03 Å². The first kappa shape index (κ1) is 13.5. The highest BCUT2D eigenvalue weighted by atomic mass is 16.3. The van der Waals surface area contributed by atoms with Crippen LogP contribution in [0.15, 0.2) is 47.1 Å². The Morgan fingerprint density at radius 1 is 1.24 bits per heavy atom. The van der Waals surface area contributed by atoms with Crippen LogP contribution in [0.1, 0.15) is 24.2 Å². The lowest BCUT2D eigenvalue weighted by atomic mass is 10.2. The van der Waals surface area contributed by atoms with Gasteiger partial charge >= 0.3 is 6.03 Å². The van der Waals surface area contributed by atoms with E-state index in [1.165, 1.54) is 0 Å². The van der Waals surface area contributed by atoms with Gasteiger partial charge < -0.3 is 19.7 Å². The van der Waals surface area contributed by atoms with Crippen molar-refractivity contribution in [2.24, 2.45) is 0 Å². The monoisotopic (exact) mass is 286 g/mol. The van der Waals surface area contributed by atoms with E-state index in [-0.39, 0.29) is 11.8 Å². The molecule has 0 atom stereocenters. The van der Waals surface area contributed by atoms with E-state index >= 15 is 0 Å². The first-order chi connectivity index (χ1) is 10.2. The number of carbonyl (C=O) groups is 1. The molecule has 0 spiro atoms. The number of amides is 2. The Balaban J connectivity index is 1.70. The zero-order valence-corrected chi connectivity index (χ0v) is 11.7. The van der Waals surface area contributed by atoms with Crippen molar-refractivity contribution in [2.45, 2.75) is 32.0 Å². The van der Waals surface area contributed by atoms with Gasteiger partial charge in [0.25, 0.3) is 0 Å². The minimum atomic E-state index is -0.0815. The molecule has 5 heteroatoms. The van der Waals surface area contributed by atoms with Crippen molar-refractivity contribution in [1.82, 2.24) is 10.2 Å². The molecule has 21 heavy (non-hydrogen) atoms. The smallest absolute Gasteiger partial charge is 0.318 e. The van der Waals surface area contributed by atoms with E-state index in [1.807, 2.05) is 24.3 Å². The Morgan fingerprint density at radius 2 is 2.00 bits per heavy atom. The Hall–Kier alpha value is -2.43. The van der Waals surface area contributed by atoms with Crippen LogP contribution in [0, 0.1) is 0 Å². The molecule has 0 bridgehead atoms. The average molecular weight is 286 g/mol. The Kier molecular flexibility index (Phi) is 3.81. The summed E-state index contributed by atoms with van der Waals surface area (Å²) in [5.41, 5.74) is 0.963. The fourth-order valence-corrected chi connectivity index (χ4v) is 2.11. The van der Waals surface area contributed by atoms with E-state index in [4.69, 9.17) is 4.42 Å². The Bertz CT molecular complexity index is 588. The average Bonchev–Trinajstić information content (AvgIpc) is 3.13. The molecule has 1 aliphatic carbocycles. The summed E-state index contributed by atoms with van der Waals surface area (Å²) in [5, 5.41) is 12.3. The van der Waals surface area contributed by atoms with Crippen LogP contribution >= 0.6 is 0 Å². The number of hydrogen-bond donors (Lipinski definition) is 2. The molecule has 5 nitrogen and oxygen atoms in total. The molecule has 0 unspecified atom stereocenters. The van der Waals surface area contributed by atoms with E-state index in [0.717, 1.165) is 24.2 Å². The van der Waals surface area contributed by atoms with Crippen LogP contribution in [-0.4, -0.2) is 22.1 Å². The normalized spacial score (nSPS) is 13.9. The highest BCUT2D eigenvalue weighted by Crippen LogP contribution is 2.20. The molecule has 1 fully saturated rings. The molecule has 2 aromatic rings. The van der Waals surface area contributed by atoms with Crippen LogP contribution in [0.3, 0.4) is 0 Å². The quantitative estimate of drug-likeness (QED) is 0.888. The Morgan fingerprint density at radius 3 is 2.62 bits per heavy atom. The van der Waals surface area contributed by atoms with Crippen molar-refractivity contribution < 1.29 is 14.3 Å². The minimum absolute atomic E-state index is 0.0815. The highest BCUT2D eigenvalue weighted by Gasteiger charge is 2.26. The standard InChI is InChI=1S/C16H18N2O3/c19-14-7-3-12(4-8-14)10-18(11-15-2-1-9-21-15)16(20)17-13-5-6-13/h1-4,7-9,13,19H,5-6,10-11H2,(H,17,20). The predicted molar refractivity (Wildman–Crippen MR) is 77.6 cm³/mol. The van der Waals surface area contributed by atoms with E-state index in [2.05, 4.69) is 5.32 Å². The predicted octanol–water partition coefficient (Wildman–Crippen LogP) is 2.86. The summed E-state index contributed by atoms with van der Waals surface area (Å²) in [6.45, 7) is 0.895. The number of phenolic OH excluding ortho intramolecular Hbond substituents is 1. The molecule has 1 aromatic carbocycles. The molecule has 110 valence electrons. The zero-order chi connectivity index (χ0) is 14.7. The van der Waals surface area contributed by atoms with Crippen LogP contribution in [-0.2, 0) is 13.1 Å². The number of aromatic hydroxyl groups is 1. The molecule has 1 aromatic heterocycles. The highest BCUT2D eigenvalue weighted by molar-refractivity contribution is 5.74. The molecule has 3 rings (SSSR count). The van der Waals surface area contributed by atoms with Gasteiger partial charge in [0.1, 0.15) is 11.5 Å². The molecule has 0 radical (unpaired) electrons. The number of rotatable bonds is 5. The third-order valence-electron chi connectivity index (χ3n) is 3.43. The fraction of sp³-hybridized carbons (Fsp3) is 0.312. The van der Waals surface area contributed by atoms with Gasteiger partial charge in [0.05, 0.1) is 12.8 Å². The number of urea groups is 1. The molecule has 2 amide bonds. The molecule has 2 N–H and O–H groups in total. The summed E-state index contributed by atoms with van der Waals surface area (Å²) in [4.78, 5) is 14.0. The molecule has 1 heterocycles. The first-order valence-electron chi connectivity index (χ1n) is 7.06. The second-order valence-electron chi connectivity index (χ2n) is 5.33. The van der Waals surface area contributed by atoms with Crippen LogP contribution in [0.5, 0.6) is 5.75 Å². The van der Waals surface area contributed by atoms with Gasteiger partial charge in [0.15, 0.2) is 0 Å². The van der Waals surface area contributed by atoms with Crippen molar-refractivity contribution in [3.05, 3.63) is 54.0 Å². The van der Waals surface area contributed by atoms with Gasteiger partial charge in [0.2, 0.25) is 0 Å². The number of nitrogens with zero attached hydrogens (tertiary/aromatic N) is 1. The molecule has 0 saturated heterocycles. The van der Waals surface area contributed by atoms with Crippen molar-refractivity contribution in [3.8, 4) is 5.75 Å². The van der Waals surface area contributed by atoms with Crippen molar-refractivity contribution in [2.75, 3.05) is 0 Å². The summed E-state index contributed by atoms with van der Waals surface area (Å²) >= 11 is 0. The SMILES string of the molecule is O=C(NC1CC1)N(Cc1ccc(O)cc1)Cc1ccco1.